The molecule has 0 saturated carbocycles. The van der Waals surface area contributed by atoms with E-state index in [1.54, 1.807) is 7.11 Å². The molecule has 0 spiro atoms. The summed E-state index contributed by atoms with van der Waals surface area (Å²) in [6, 6.07) is 10.4. The topological polar surface area (TPSA) is 36.3 Å². The van der Waals surface area contributed by atoms with Crippen molar-refractivity contribution >= 4 is 0 Å². The maximum absolute atomic E-state index is 9.35. The lowest BCUT2D eigenvalue weighted by molar-refractivity contribution is -0.0205. The third kappa shape index (κ3) is 2.59. The SMILES string of the molecule is COC1CCCCC(c2ccccc2)N1C#N. The van der Waals surface area contributed by atoms with E-state index in [0.29, 0.717) is 0 Å². The van der Waals surface area contributed by atoms with Crippen LogP contribution in [0.4, 0.5) is 0 Å². The van der Waals surface area contributed by atoms with Crippen LogP contribution in [-0.4, -0.2) is 18.2 Å². The highest BCUT2D eigenvalue weighted by atomic mass is 16.5. The number of likely N-dealkylation sites (tertiary alicyclic amines) is 1. The van der Waals surface area contributed by atoms with Crippen molar-refractivity contribution < 1.29 is 4.74 Å². The molecule has 1 aromatic rings. The van der Waals surface area contributed by atoms with Crippen molar-refractivity contribution in [3.8, 4) is 6.19 Å². The van der Waals surface area contributed by atoms with E-state index in [9.17, 15) is 5.26 Å². The van der Waals surface area contributed by atoms with Crippen LogP contribution in [0, 0.1) is 11.5 Å². The van der Waals surface area contributed by atoms with E-state index in [4.69, 9.17) is 4.74 Å². The van der Waals surface area contributed by atoms with Gasteiger partial charge in [-0.3, -0.25) is 4.90 Å². The van der Waals surface area contributed by atoms with Crippen LogP contribution in [0.5, 0.6) is 0 Å². The van der Waals surface area contributed by atoms with Crippen molar-refractivity contribution in [1.29, 1.82) is 5.26 Å². The lowest BCUT2D eigenvalue weighted by Crippen LogP contribution is -2.34. The van der Waals surface area contributed by atoms with Crippen molar-refractivity contribution in [1.82, 2.24) is 4.90 Å². The van der Waals surface area contributed by atoms with Gasteiger partial charge in [0.15, 0.2) is 6.19 Å². The molecule has 0 aromatic heterocycles. The van der Waals surface area contributed by atoms with Gasteiger partial charge in [-0.05, 0) is 24.8 Å². The Labute approximate surface area is 103 Å². The molecule has 1 aromatic carbocycles. The molecular formula is C14H18N2O. The summed E-state index contributed by atoms with van der Waals surface area (Å²) in [6.45, 7) is 0. The number of hydrogen-bond acceptors (Lipinski definition) is 3. The van der Waals surface area contributed by atoms with Gasteiger partial charge in [-0.25, -0.2) is 0 Å². The van der Waals surface area contributed by atoms with E-state index < -0.39 is 0 Å². The molecule has 3 heteroatoms. The first-order valence-electron chi connectivity index (χ1n) is 6.12. The van der Waals surface area contributed by atoms with Crippen molar-refractivity contribution in [3.05, 3.63) is 35.9 Å². The summed E-state index contributed by atoms with van der Waals surface area (Å²) in [7, 11) is 1.68. The second kappa shape index (κ2) is 5.70. The summed E-state index contributed by atoms with van der Waals surface area (Å²) < 4.78 is 5.43. The van der Waals surface area contributed by atoms with E-state index in [-0.39, 0.29) is 12.3 Å². The van der Waals surface area contributed by atoms with E-state index in [1.807, 2.05) is 23.1 Å². The van der Waals surface area contributed by atoms with Crippen LogP contribution in [0.1, 0.15) is 37.3 Å². The monoisotopic (exact) mass is 230 g/mol. The lowest BCUT2D eigenvalue weighted by atomic mass is 10.0. The van der Waals surface area contributed by atoms with Crippen LogP contribution < -0.4 is 0 Å². The maximum atomic E-state index is 9.35. The molecule has 3 nitrogen and oxygen atoms in total. The van der Waals surface area contributed by atoms with E-state index in [1.165, 1.54) is 5.56 Å². The number of nitrogens with zero attached hydrogens (tertiary/aromatic N) is 2. The molecule has 1 heterocycles. The molecule has 1 saturated heterocycles. The fraction of sp³-hybridized carbons (Fsp3) is 0.500. The molecular weight excluding hydrogens is 212 g/mol. The average Bonchev–Trinajstić information content (AvgIpc) is 2.61. The first-order chi connectivity index (χ1) is 8.36. The summed E-state index contributed by atoms with van der Waals surface area (Å²) in [5.41, 5.74) is 1.21. The smallest absolute Gasteiger partial charge is 0.182 e. The van der Waals surface area contributed by atoms with Crippen LogP contribution in [0.25, 0.3) is 0 Å². The molecule has 1 aliphatic heterocycles. The largest absolute Gasteiger partial charge is 0.361 e. The number of benzene rings is 1. The summed E-state index contributed by atoms with van der Waals surface area (Å²) in [5, 5.41) is 9.35. The Balaban J connectivity index is 2.27. The molecule has 0 amide bonds. The van der Waals surface area contributed by atoms with Gasteiger partial charge in [0.1, 0.15) is 6.23 Å². The van der Waals surface area contributed by atoms with Gasteiger partial charge in [0.25, 0.3) is 0 Å². The minimum absolute atomic E-state index is 0.0762. The zero-order chi connectivity index (χ0) is 12.1. The Hall–Kier alpha value is -1.53. The Morgan fingerprint density at radius 1 is 1.24 bits per heavy atom. The van der Waals surface area contributed by atoms with Crippen LogP contribution >= 0.6 is 0 Å². The quantitative estimate of drug-likeness (QED) is 0.733. The van der Waals surface area contributed by atoms with Crippen LogP contribution in [0.2, 0.25) is 0 Å². The van der Waals surface area contributed by atoms with Crippen molar-refractivity contribution in [2.24, 2.45) is 0 Å². The van der Waals surface area contributed by atoms with Gasteiger partial charge in [0.2, 0.25) is 0 Å². The molecule has 0 N–H and O–H groups in total. The molecule has 2 rings (SSSR count). The van der Waals surface area contributed by atoms with Crippen molar-refractivity contribution in [2.45, 2.75) is 38.0 Å². The van der Waals surface area contributed by atoms with Gasteiger partial charge in [0.05, 0.1) is 6.04 Å². The third-order valence-electron chi connectivity index (χ3n) is 3.40. The molecule has 2 unspecified atom stereocenters. The summed E-state index contributed by atoms with van der Waals surface area (Å²) >= 11 is 0. The third-order valence-corrected chi connectivity index (χ3v) is 3.40. The maximum Gasteiger partial charge on any atom is 0.182 e. The second-order valence-electron chi connectivity index (χ2n) is 4.41. The van der Waals surface area contributed by atoms with Crippen molar-refractivity contribution in [3.63, 3.8) is 0 Å². The van der Waals surface area contributed by atoms with Gasteiger partial charge in [0, 0.05) is 7.11 Å². The van der Waals surface area contributed by atoms with Gasteiger partial charge in [-0.15, -0.1) is 0 Å². The molecule has 90 valence electrons. The lowest BCUT2D eigenvalue weighted by Gasteiger charge is -2.30. The summed E-state index contributed by atoms with van der Waals surface area (Å²) in [6.07, 6.45) is 6.46. The zero-order valence-corrected chi connectivity index (χ0v) is 10.2. The molecule has 0 aliphatic carbocycles. The summed E-state index contributed by atoms with van der Waals surface area (Å²) in [5.74, 6) is 0. The van der Waals surface area contributed by atoms with E-state index in [0.717, 1.165) is 25.7 Å². The number of hydrogen-bond donors (Lipinski definition) is 0. The molecule has 17 heavy (non-hydrogen) atoms. The number of rotatable bonds is 2. The van der Waals surface area contributed by atoms with Gasteiger partial charge >= 0.3 is 0 Å². The first kappa shape index (κ1) is 11.9. The molecule has 1 aliphatic rings. The van der Waals surface area contributed by atoms with Crippen LogP contribution in [0.3, 0.4) is 0 Å². The van der Waals surface area contributed by atoms with Crippen LogP contribution in [-0.2, 0) is 4.74 Å². The molecule has 0 bridgehead atoms. The van der Waals surface area contributed by atoms with Gasteiger partial charge in [-0.2, -0.15) is 5.26 Å². The first-order valence-corrected chi connectivity index (χ1v) is 6.12. The molecule has 2 atom stereocenters. The zero-order valence-electron chi connectivity index (χ0n) is 10.2. The van der Waals surface area contributed by atoms with Gasteiger partial charge < -0.3 is 4.74 Å². The van der Waals surface area contributed by atoms with Gasteiger partial charge in [-0.1, -0.05) is 36.8 Å². The Morgan fingerprint density at radius 2 is 1.94 bits per heavy atom. The fourth-order valence-electron chi connectivity index (χ4n) is 2.50. The van der Waals surface area contributed by atoms with Crippen LogP contribution in [0.15, 0.2) is 30.3 Å². The number of methoxy groups -OCH3 is 1. The Kier molecular flexibility index (Phi) is 4.00. The highest BCUT2D eigenvalue weighted by Gasteiger charge is 2.28. The fourth-order valence-corrected chi connectivity index (χ4v) is 2.50. The number of nitriles is 1. The van der Waals surface area contributed by atoms with E-state index >= 15 is 0 Å². The Morgan fingerprint density at radius 3 is 2.59 bits per heavy atom. The molecule has 0 radical (unpaired) electrons. The normalized spacial score (nSPS) is 25.1. The summed E-state index contributed by atoms with van der Waals surface area (Å²) in [4.78, 5) is 1.81. The standard InChI is InChI=1S/C14H18N2O/c1-17-14-10-6-5-9-13(16(14)11-15)12-7-3-2-4-8-12/h2-4,7-8,13-14H,5-6,9-10H2,1H3. The predicted molar refractivity (Wildman–Crippen MR) is 65.9 cm³/mol. The minimum atomic E-state index is -0.0762. The molecule has 1 fully saturated rings. The average molecular weight is 230 g/mol. The van der Waals surface area contributed by atoms with Crippen molar-refractivity contribution in [2.75, 3.05) is 7.11 Å². The highest BCUT2D eigenvalue weighted by Crippen LogP contribution is 2.32. The van der Waals surface area contributed by atoms with E-state index in [2.05, 4.69) is 18.3 Å². The Bertz CT molecular complexity index is 385. The highest BCUT2D eigenvalue weighted by molar-refractivity contribution is 5.20. The number of ether oxygens (including phenoxy) is 1. The second-order valence-corrected chi connectivity index (χ2v) is 4.41. The predicted octanol–water partition coefficient (Wildman–Crippen LogP) is 3.06. The minimum Gasteiger partial charge on any atom is -0.361 e.